The number of nitrogens with zero attached hydrogens (tertiary/aromatic N) is 2. The molecule has 6 nitrogen and oxygen atoms in total. The van der Waals surface area contributed by atoms with Crippen LogP contribution >= 0.6 is 0 Å². The zero-order chi connectivity index (χ0) is 24.1. The van der Waals surface area contributed by atoms with Gasteiger partial charge in [0.2, 0.25) is 0 Å². The van der Waals surface area contributed by atoms with Crippen molar-refractivity contribution in [3.05, 3.63) is 83.7 Å². The van der Waals surface area contributed by atoms with Crippen LogP contribution in [0.1, 0.15) is 23.6 Å². The number of halogens is 1. The smallest absolute Gasteiger partial charge is 0.167 e. The first kappa shape index (κ1) is 23.2. The van der Waals surface area contributed by atoms with Crippen LogP contribution in [0.5, 0.6) is 23.0 Å². The monoisotopic (exact) mass is 462 g/mol. The molecule has 1 aliphatic rings. The molecule has 0 aliphatic carbocycles. The van der Waals surface area contributed by atoms with Crippen LogP contribution in [0.4, 0.5) is 10.1 Å². The Balaban J connectivity index is 1.75. The minimum Gasteiger partial charge on any atom is -0.493 e. The highest BCUT2D eigenvalue weighted by atomic mass is 19.1. The Morgan fingerprint density at radius 3 is 2.15 bits per heavy atom. The molecule has 0 amide bonds. The number of hydrogen-bond donors (Lipinski definition) is 0. The second-order valence-electron chi connectivity index (χ2n) is 7.61. The molecule has 0 N–H and O–H groups in total. The van der Waals surface area contributed by atoms with Gasteiger partial charge in [-0.1, -0.05) is 36.4 Å². The fraction of sp³-hybridized carbons (Fsp3) is 0.222. The van der Waals surface area contributed by atoms with E-state index in [4.69, 9.17) is 24.0 Å². The first-order valence-electron chi connectivity index (χ1n) is 10.8. The molecular weight excluding hydrogens is 435 g/mol. The Labute approximate surface area is 198 Å². The fourth-order valence-electron chi connectivity index (χ4n) is 4.14. The Kier molecular flexibility index (Phi) is 7.01. The van der Waals surface area contributed by atoms with Gasteiger partial charge in [0.1, 0.15) is 5.82 Å². The first-order chi connectivity index (χ1) is 16.6. The van der Waals surface area contributed by atoms with E-state index in [1.165, 1.54) is 6.07 Å². The van der Waals surface area contributed by atoms with Crippen LogP contribution in [0.3, 0.4) is 0 Å². The van der Waals surface area contributed by atoms with Crippen molar-refractivity contribution in [1.82, 2.24) is 0 Å². The third-order valence-corrected chi connectivity index (χ3v) is 5.71. The quantitative estimate of drug-likeness (QED) is 0.418. The van der Waals surface area contributed by atoms with Gasteiger partial charge in [0, 0.05) is 17.5 Å². The van der Waals surface area contributed by atoms with Gasteiger partial charge >= 0.3 is 0 Å². The molecule has 1 atom stereocenters. The van der Waals surface area contributed by atoms with Gasteiger partial charge in [0.25, 0.3) is 0 Å². The summed E-state index contributed by atoms with van der Waals surface area (Å²) in [5.74, 6) is 2.14. The van der Waals surface area contributed by atoms with Gasteiger partial charge in [0.15, 0.2) is 23.0 Å². The number of allylic oxidation sites excluding steroid dienone is 1. The van der Waals surface area contributed by atoms with E-state index in [0.29, 0.717) is 35.1 Å². The Morgan fingerprint density at radius 1 is 0.794 bits per heavy atom. The van der Waals surface area contributed by atoms with Crippen LogP contribution in [-0.2, 0) is 0 Å². The molecule has 0 saturated carbocycles. The van der Waals surface area contributed by atoms with E-state index in [1.54, 1.807) is 51.6 Å². The number of ether oxygens (including phenoxy) is 4. The summed E-state index contributed by atoms with van der Waals surface area (Å²) < 4.78 is 36.9. The lowest BCUT2D eigenvalue weighted by molar-refractivity contribution is 0.349. The van der Waals surface area contributed by atoms with E-state index < -0.39 is 0 Å². The van der Waals surface area contributed by atoms with E-state index >= 15 is 0 Å². The summed E-state index contributed by atoms with van der Waals surface area (Å²) in [6.45, 7) is 0. The van der Waals surface area contributed by atoms with E-state index in [-0.39, 0.29) is 11.9 Å². The minimum atomic E-state index is -0.349. The predicted molar refractivity (Wildman–Crippen MR) is 132 cm³/mol. The van der Waals surface area contributed by atoms with Crippen molar-refractivity contribution in [2.45, 2.75) is 12.5 Å². The van der Waals surface area contributed by atoms with Gasteiger partial charge in [-0.25, -0.2) is 4.39 Å². The normalized spacial score (nSPS) is 15.4. The molecule has 0 aromatic heterocycles. The molecular formula is C27H27FN2O4. The lowest BCUT2D eigenvalue weighted by Gasteiger charge is -2.26. The van der Waals surface area contributed by atoms with Crippen LogP contribution in [-0.4, -0.2) is 34.2 Å². The lowest BCUT2D eigenvalue weighted by Crippen LogP contribution is -2.20. The molecule has 1 heterocycles. The number of benzene rings is 3. The third kappa shape index (κ3) is 4.41. The number of para-hydroxylation sites is 3. The van der Waals surface area contributed by atoms with Crippen molar-refractivity contribution in [2.24, 2.45) is 5.10 Å². The second-order valence-corrected chi connectivity index (χ2v) is 7.61. The molecule has 0 unspecified atom stereocenters. The molecule has 0 spiro atoms. The topological polar surface area (TPSA) is 52.5 Å². The molecule has 0 saturated heterocycles. The number of hydrazone groups is 1. The van der Waals surface area contributed by atoms with Crippen LogP contribution in [0, 0.1) is 5.82 Å². The molecule has 176 valence electrons. The Hall–Kier alpha value is -4.00. The minimum absolute atomic E-state index is 0.284. The number of methoxy groups -OCH3 is 4. The van der Waals surface area contributed by atoms with Crippen molar-refractivity contribution in [3.8, 4) is 23.0 Å². The molecule has 0 bridgehead atoms. The van der Waals surface area contributed by atoms with E-state index in [2.05, 4.69) is 0 Å². The first-order valence-corrected chi connectivity index (χ1v) is 10.8. The van der Waals surface area contributed by atoms with Gasteiger partial charge < -0.3 is 18.9 Å². The Morgan fingerprint density at radius 2 is 1.47 bits per heavy atom. The molecule has 3 aromatic rings. The molecule has 34 heavy (non-hydrogen) atoms. The summed E-state index contributed by atoms with van der Waals surface area (Å²) in [5.41, 5.74) is 2.88. The highest BCUT2D eigenvalue weighted by Crippen LogP contribution is 2.43. The molecule has 4 rings (SSSR count). The molecule has 3 aromatic carbocycles. The standard InChI is InChI=1S/C27H27FN2O4/c1-31-24-13-7-9-18(26(24)33-3)15-16-19-17-23(20-10-8-14-25(32-2)27(20)34-4)30(29-19)22-12-6-5-11-21(22)28/h5-16,23H,17H2,1-4H3/b16-15+/t23-/m0/s1. The zero-order valence-corrected chi connectivity index (χ0v) is 19.6. The van der Waals surface area contributed by atoms with E-state index in [9.17, 15) is 4.39 Å². The lowest BCUT2D eigenvalue weighted by atomic mass is 9.99. The maximum atomic E-state index is 14.8. The summed E-state index contributed by atoms with van der Waals surface area (Å²) in [7, 11) is 6.40. The summed E-state index contributed by atoms with van der Waals surface area (Å²) in [5, 5.41) is 6.48. The average molecular weight is 463 g/mol. The number of hydrogen-bond acceptors (Lipinski definition) is 6. The van der Waals surface area contributed by atoms with Crippen molar-refractivity contribution >= 4 is 17.5 Å². The summed E-state index contributed by atoms with van der Waals surface area (Å²) in [6, 6.07) is 17.7. The summed E-state index contributed by atoms with van der Waals surface area (Å²) in [4.78, 5) is 0. The largest absolute Gasteiger partial charge is 0.493 e. The highest BCUT2D eigenvalue weighted by Gasteiger charge is 2.32. The highest BCUT2D eigenvalue weighted by molar-refractivity contribution is 6.01. The van der Waals surface area contributed by atoms with E-state index in [0.717, 1.165) is 16.8 Å². The van der Waals surface area contributed by atoms with Crippen LogP contribution < -0.4 is 24.0 Å². The maximum absolute atomic E-state index is 14.8. The van der Waals surface area contributed by atoms with Crippen molar-refractivity contribution in [3.63, 3.8) is 0 Å². The van der Waals surface area contributed by atoms with Crippen LogP contribution in [0.25, 0.3) is 6.08 Å². The van der Waals surface area contributed by atoms with Crippen molar-refractivity contribution in [2.75, 3.05) is 33.4 Å². The van der Waals surface area contributed by atoms with Gasteiger partial charge in [-0.2, -0.15) is 5.10 Å². The van der Waals surface area contributed by atoms with E-state index in [1.807, 2.05) is 48.6 Å². The second kappa shape index (κ2) is 10.3. The zero-order valence-electron chi connectivity index (χ0n) is 19.6. The van der Waals surface area contributed by atoms with Crippen LogP contribution in [0.15, 0.2) is 71.8 Å². The van der Waals surface area contributed by atoms with Crippen molar-refractivity contribution < 1.29 is 23.3 Å². The molecule has 0 radical (unpaired) electrons. The predicted octanol–water partition coefficient (Wildman–Crippen LogP) is 5.88. The fourth-order valence-corrected chi connectivity index (χ4v) is 4.14. The molecule has 1 aliphatic heterocycles. The van der Waals surface area contributed by atoms with Crippen LogP contribution in [0.2, 0.25) is 0 Å². The van der Waals surface area contributed by atoms with Gasteiger partial charge in [-0.3, -0.25) is 5.01 Å². The summed E-state index contributed by atoms with van der Waals surface area (Å²) >= 11 is 0. The Bertz CT molecular complexity index is 1230. The number of rotatable bonds is 8. The van der Waals surface area contributed by atoms with Gasteiger partial charge in [-0.15, -0.1) is 0 Å². The summed E-state index contributed by atoms with van der Waals surface area (Å²) in [6.07, 6.45) is 4.38. The maximum Gasteiger partial charge on any atom is 0.167 e. The SMILES string of the molecule is COc1cccc(/C=C/C2=NN(c3ccccc3F)[C@H](c3cccc(OC)c3OC)C2)c1OC. The number of anilines is 1. The van der Waals surface area contributed by atoms with Gasteiger partial charge in [-0.05, 0) is 36.4 Å². The molecule has 0 fully saturated rings. The van der Waals surface area contributed by atoms with Gasteiger partial charge in [0.05, 0.1) is 45.9 Å². The third-order valence-electron chi connectivity index (χ3n) is 5.71. The average Bonchev–Trinajstić information content (AvgIpc) is 3.30. The molecule has 7 heteroatoms. The van der Waals surface area contributed by atoms with Crippen molar-refractivity contribution in [1.29, 1.82) is 0 Å².